The number of hydrogen-bond acceptors (Lipinski definition) is 12. The van der Waals surface area contributed by atoms with Crippen molar-refractivity contribution in [2.24, 2.45) is 0 Å². The van der Waals surface area contributed by atoms with Gasteiger partial charge in [0.05, 0.1) is 17.3 Å². The molecule has 3 aliphatic heterocycles. The maximum Gasteiger partial charge on any atom is 0.302 e. The minimum atomic E-state index is -0.0379. The number of carbonyl (C=O) groups excluding carboxylic acids is 1. The lowest BCUT2D eigenvalue weighted by molar-refractivity contribution is 0.219. The molecule has 11 nitrogen and oxygen atoms in total. The van der Waals surface area contributed by atoms with E-state index >= 15 is 0 Å². The molecule has 3 saturated heterocycles. The van der Waals surface area contributed by atoms with E-state index in [0.717, 1.165) is 61.3 Å². The first-order valence-corrected chi connectivity index (χ1v) is 15.0. The van der Waals surface area contributed by atoms with E-state index in [0.29, 0.717) is 42.8 Å². The van der Waals surface area contributed by atoms with Gasteiger partial charge in [-0.05, 0) is 37.8 Å². The van der Waals surface area contributed by atoms with E-state index in [2.05, 4.69) is 30.5 Å². The van der Waals surface area contributed by atoms with Crippen LogP contribution in [-0.2, 0) is 0 Å². The van der Waals surface area contributed by atoms with E-state index in [1.807, 2.05) is 28.5 Å². The highest BCUT2D eigenvalue weighted by molar-refractivity contribution is 8.14. The lowest BCUT2D eigenvalue weighted by atomic mass is 10.1. The summed E-state index contributed by atoms with van der Waals surface area (Å²) in [5, 5.41) is 11.7. The molecule has 0 spiro atoms. The van der Waals surface area contributed by atoms with Gasteiger partial charge in [-0.15, -0.1) is 11.3 Å². The fraction of sp³-hybridized carbons (Fsp3) is 0.462. The van der Waals surface area contributed by atoms with Crippen LogP contribution in [0, 0.1) is 11.3 Å². The molecule has 0 aliphatic carbocycles. The summed E-state index contributed by atoms with van der Waals surface area (Å²) in [6.07, 6.45) is 4.68. The standard InChI is InChI=1S/C26H30N10OS2/c27-17-19-6-5-7-20(16-19)21-18-38-25(28-21)32-39-26(37)36-14-12-35(13-15-36)24-30-22(33-8-1-2-9-33)29-23(31-24)34-10-3-4-11-34/h5-7,16,18H,1-4,8-15H2,(H,28,32). The van der Waals surface area contributed by atoms with Crippen LogP contribution in [0.15, 0.2) is 29.6 Å². The topological polar surface area (TPSA) is 117 Å². The Morgan fingerprint density at radius 1 is 0.846 bits per heavy atom. The van der Waals surface area contributed by atoms with Gasteiger partial charge in [0.2, 0.25) is 17.8 Å². The Labute approximate surface area is 236 Å². The van der Waals surface area contributed by atoms with Gasteiger partial charge in [0.1, 0.15) is 0 Å². The maximum absolute atomic E-state index is 12.9. The van der Waals surface area contributed by atoms with Crippen molar-refractivity contribution in [3.8, 4) is 17.3 Å². The molecule has 1 amide bonds. The van der Waals surface area contributed by atoms with Crippen LogP contribution in [0.1, 0.15) is 31.2 Å². The van der Waals surface area contributed by atoms with Crippen molar-refractivity contribution < 1.29 is 4.79 Å². The fourth-order valence-corrected chi connectivity index (χ4v) is 6.46. The van der Waals surface area contributed by atoms with Crippen molar-refractivity contribution in [2.75, 3.05) is 71.8 Å². The first-order valence-electron chi connectivity index (χ1n) is 13.3. The highest BCUT2D eigenvalue weighted by Crippen LogP contribution is 2.28. The number of nitriles is 1. The molecule has 0 saturated carbocycles. The molecule has 39 heavy (non-hydrogen) atoms. The number of nitrogens with zero attached hydrogens (tertiary/aromatic N) is 9. The molecule has 3 aliphatic rings. The smallest absolute Gasteiger partial charge is 0.302 e. The van der Waals surface area contributed by atoms with Gasteiger partial charge in [-0.3, -0.25) is 9.52 Å². The number of piperazine rings is 1. The second kappa shape index (κ2) is 11.6. The van der Waals surface area contributed by atoms with Crippen LogP contribution < -0.4 is 19.4 Å². The largest absolute Gasteiger partial charge is 0.341 e. The van der Waals surface area contributed by atoms with Gasteiger partial charge in [-0.1, -0.05) is 12.1 Å². The van der Waals surface area contributed by atoms with E-state index < -0.39 is 0 Å². The zero-order valence-electron chi connectivity index (χ0n) is 21.6. The predicted molar refractivity (Wildman–Crippen MR) is 155 cm³/mol. The number of nitrogens with one attached hydrogen (secondary N) is 1. The van der Waals surface area contributed by atoms with E-state index in [-0.39, 0.29) is 5.24 Å². The molecular formula is C26H30N10OS2. The van der Waals surface area contributed by atoms with E-state index in [9.17, 15) is 4.79 Å². The third-order valence-corrected chi connectivity index (χ3v) is 8.83. The first-order chi connectivity index (χ1) is 19.2. The number of hydrogen-bond donors (Lipinski definition) is 1. The molecule has 0 bridgehead atoms. The summed E-state index contributed by atoms with van der Waals surface area (Å²) >= 11 is 2.48. The molecule has 1 N–H and O–H groups in total. The normalized spacial score (nSPS) is 17.5. The predicted octanol–water partition coefficient (Wildman–Crippen LogP) is 4.07. The minimum Gasteiger partial charge on any atom is -0.341 e. The minimum absolute atomic E-state index is 0.0379. The summed E-state index contributed by atoms with van der Waals surface area (Å²) in [6.45, 7) is 6.50. The number of aromatic nitrogens is 4. The summed E-state index contributed by atoms with van der Waals surface area (Å²) in [7, 11) is 0. The summed E-state index contributed by atoms with van der Waals surface area (Å²) in [5.74, 6) is 2.27. The van der Waals surface area contributed by atoms with Gasteiger partial charge in [0.15, 0.2) is 5.13 Å². The van der Waals surface area contributed by atoms with Crippen LogP contribution in [0.5, 0.6) is 0 Å². The van der Waals surface area contributed by atoms with Crippen molar-refractivity contribution in [1.29, 1.82) is 5.26 Å². The highest BCUT2D eigenvalue weighted by Gasteiger charge is 2.27. The molecule has 13 heteroatoms. The number of benzene rings is 1. The number of rotatable bonds is 6. The summed E-state index contributed by atoms with van der Waals surface area (Å²) in [6, 6.07) is 9.50. The van der Waals surface area contributed by atoms with Gasteiger partial charge in [0.25, 0.3) is 0 Å². The molecule has 3 aromatic rings. The van der Waals surface area contributed by atoms with Gasteiger partial charge in [-0.2, -0.15) is 20.2 Å². The Bertz CT molecular complexity index is 1320. The second-order valence-corrected chi connectivity index (χ2v) is 11.4. The Hall–Kier alpha value is -3.63. The van der Waals surface area contributed by atoms with Gasteiger partial charge in [-0.25, -0.2) is 4.98 Å². The Balaban J connectivity index is 1.06. The zero-order chi connectivity index (χ0) is 26.6. The molecular weight excluding hydrogens is 532 g/mol. The number of carbonyl (C=O) groups is 1. The monoisotopic (exact) mass is 562 g/mol. The van der Waals surface area contributed by atoms with Crippen LogP contribution in [0.2, 0.25) is 0 Å². The number of thiazole rings is 1. The van der Waals surface area contributed by atoms with Crippen molar-refractivity contribution in [1.82, 2.24) is 24.8 Å². The zero-order valence-corrected chi connectivity index (χ0v) is 23.3. The van der Waals surface area contributed by atoms with E-state index in [1.165, 1.54) is 37.0 Å². The Morgan fingerprint density at radius 3 is 2.03 bits per heavy atom. The van der Waals surface area contributed by atoms with Crippen LogP contribution in [0.25, 0.3) is 11.3 Å². The first kappa shape index (κ1) is 25.6. The molecule has 0 radical (unpaired) electrons. The molecule has 2 aromatic heterocycles. The third-order valence-electron chi connectivity index (χ3n) is 7.22. The Kier molecular flexibility index (Phi) is 7.64. The third kappa shape index (κ3) is 5.86. The lowest BCUT2D eigenvalue weighted by Gasteiger charge is -2.35. The molecule has 0 unspecified atom stereocenters. The number of amides is 1. The maximum atomic E-state index is 12.9. The Morgan fingerprint density at radius 2 is 1.44 bits per heavy atom. The van der Waals surface area contributed by atoms with Gasteiger partial charge < -0.3 is 19.6 Å². The summed E-state index contributed by atoms with van der Waals surface area (Å²) in [5.41, 5.74) is 2.25. The average Bonchev–Trinajstić information content (AvgIpc) is 3.79. The van der Waals surface area contributed by atoms with Crippen LogP contribution in [-0.4, -0.2) is 82.4 Å². The lowest BCUT2D eigenvalue weighted by Crippen LogP contribution is -2.48. The van der Waals surface area contributed by atoms with E-state index in [4.69, 9.17) is 20.2 Å². The van der Waals surface area contributed by atoms with Crippen molar-refractivity contribution in [3.05, 3.63) is 35.2 Å². The SMILES string of the molecule is N#Cc1cccc(-c2csc(NSC(=O)N3CCN(c4nc(N5CCCC5)nc(N5CCCC5)n4)CC3)n2)c1. The quantitative estimate of drug-likeness (QED) is 0.438. The van der Waals surface area contributed by atoms with Gasteiger partial charge >= 0.3 is 5.24 Å². The molecule has 3 fully saturated rings. The van der Waals surface area contributed by atoms with E-state index in [1.54, 1.807) is 6.07 Å². The molecule has 6 rings (SSSR count). The molecule has 5 heterocycles. The summed E-state index contributed by atoms with van der Waals surface area (Å²) in [4.78, 5) is 40.6. The number of anilines is 4. The fourth-order valence-electron chi connectivity index (χ4n) is 5.04. The van der Waals surface area contributed by atoms with Crippen molar-refractivity contribution in [3.63, 3.8) is 0 Å². The van der Waals surface area contributed by atoms with Crippen LogP contribution in [0.3, 0.4) is 0 Å². The molecule has 1 aromatic carbocycles. The molecule has 202 valence electrons. The van der Waals surface area contributed by atoms with Crippen molar-refractivity contribution >= 4 is 51.5 Å². The molecule has 0 atom stereocenters. The van der Waals surface area contributed by atoms with Gasteiger partial charge in [0, 0.05) is 75.2 Å². The van der Waals surface area contributed by atoms with Crippen LogP contribution in [0.4, 0.5) is 27.8 Å². The van der Waals surface area contributed by atoms with Crippen LogP contribution >= 0.6 is 23.3 Å². The average molecular weight is 563 g/mol. The van der Waals surface area contributed by atoms with Crippen molar-refractivity contribution in [2.45, 2.75) is 25.7 Å². The highest BCUT2D eigenvalue weighted by atomic mass is 32.2. The second-order valence-electron chi connectivity index (χ2n) is 9.80. The summed E-state index contributed by atoms with van der Waals surface area (Å²) < 4.78 is 3.09.